The lowest BCUT2D eigenvalue weighted by molar-refractivity contribution is -0.253. The molecule has 0 radical (unpaired) electrons. The van der Waals surface area contributed by atoms with Gasteiger partial charge in [-0.1, -0.05) is 36.8 Å². The fourth-order valence-electron chi connectivity index (χ4n) is 3.40. The standard InChI is InChI=1S/C23H30O6/c1-22(26,23(27,28)21(24)25)16-7-5-10-18-12-9-13-19(18)11-6-8-17-29-20-14-3-2-4-15-20/h2-6,11,14-16,18-19,26-28H,8-10,12-13,17H2,1H3,(H,24,25)/t7?,18-,19-,22?/m0/s1. The van der Waals surface area contributed by atoms with Gasteiger partial charge in [0.25, 0.3) is 5.79 Å². The summed E-state index contributed by atoms with van der Waals surface area (Å²) in [5.41, 5.74) is 0.357. The van der Waals surface area contributed by atoms with Crippen LogP contribution in [0.15, 0.2) is 60.4 Å². The lowest BCUT2D eigenvalue weighted by Crippen LogP contribution is -2.56. The Hall–Kier alpha value is -2.37. The third-order valence-electron chi connectivity index (χ3n) is 5.30. The topological polar surface area (TPSA) is 107 Å². The summed E-state index contributed by atoms with van der Waals surface area (Å²) in [6.07, 6.45) is 12.0. The molecular weight excluding hydrogens is 372 g/mol. The molecule has 6 nitrogen and oxygen atoms in total. The Balaban J connectivity index is 1.81. The summed E-state index contributed by atoms with van der Waals surface area (Å²) in [6.45, 7) is 1.64. The summed E-state index contributed by atoms with van der Waals surface area (Å²) in [7, 11) is 0. The third kappa shape index (κ3) is 6.58. The van der Waals surface area contributed by atoms with Crippen LogP contribution in [0.5, 0.6) is 5.75 Å². The number of allylic oxidation sites excluding steroid dienone is 1. The van der Waals surface area contributed by atoms with Gasteiger partial charge in [0.15, 0.2) is 5.60 Å². The molecule has 0 aliphatic heterocycles. The monoisotopic (exact) mass is 402 g/mol. The van der Waals surface area contributed by atoms with E-state index in [9.17, 15) is 20.1 Å². The van der Waals surface area contributed by atoms with Crippen molar-refractivity contribution in [2.75, 3.05) is 6.61 Å². The van der Waals surface area contributed by atoms with E-state index in [-0.39, 0.29) is 0 Å². The molecule has 1 aromatic rings. The first-order valence-corrected chi connectivity index (χ1v) is 9.91. The van der Waals surface area contributed by atoms with Crippen LogP contribution in [0.1, 0.15) is 39.0 Å². The zero-order valence-corrected chi connectivity index (χ0v) is 16.7. The van der Waals surface area contributed by atoms with E-state index in [0.29, 0.717) is 18.4 Å². The molecule has 6 heteroatoms. The molecule has 1 aliphatic rings. The number of rotatable bonds is 10. The van der Waals surface area contributed by atoms with Gasteiger partial charge in [0, 0.05) is 0 Å². The zero-order valence-electron chi connectivity index (χ0n) is 16.7. The quantitative estimate of drug-likeness (QED) is 0.207. The van der Waals surface area contributed by atoms with Crippen molar-refractivity contribution in [1.29, 1.82) is 0 Å². The number of ether oxygens (including phenoxy) is 1. The smallest absolute Gasteiger partial charge is 0.367 e. The van der Waals surface area contributed by atoms with E-state index < -0.39 is 17.4 Å². The maximum absolute atomic E-state index is 10.8. The van der Waals surface area contributed by atoms with Gasteiger partial charge in [0.05, 0.1) is 6.61 Å². The maximum atomic E-state index is 10.8. The Labute approximate surface area is 171 Å². The van der Waals surface area contributed by atoms with Crippen LogP contribution in [-0.4, -0.2) is 44.4 Å². The van der Waals surface area contributed by atoms with Crippen LogP contribution >= 0.6 is 0 Å². The summed E-state index contributed by atoms with van der Waals surface area (Å²) >= 11 is 0. The Morgan fingerprint density at radius 1 is 1.24 bits per heavy atom. The van der Waals surface area contributed by atoms with Crippen LogP contribution in [0.3, 0.4) is 0 Å². The number of aliphatic carboxylic acids is 1. The van der Waals surface area contributed by atoms with Gasteiger partial charge >= 0.3 is 5.97 Å². The van der Waals surface area contributed by atoms with E-state index in [1.165, 1.54) is 0 Å². The van der Waals surface area contributed by atoms with E-state index in [0.717, 1.165) is 50.9 Å². The molecule has 1 aliphatic carbocycles. The van der Waals surface area contributed by atoms with E-state index in [1.54, 1.807) is 6.08 Å². The first kappa shape index (κ1) is 22.9. The fourth-order valence-corrected chi connectivity index (χ4v) is 3.40. The summed E-state index contributed by atoms with van der Waals surface area (Å²) in [4.78, 5) is 10.8. The molecule has 0 saturated heterocycles. The minimum Gasteiger partial charge on any atom is -0.493 e. The van der Waals surface area contributed by atoms with Crippen molar-refractivity contribution in [1.82, 2.24) is 0 Å². The molecule has 158 valence electrons. The fraction of sp³-hybridized carbons (Fsp3) is 0.478. The number of benzene rings is 1. The van der Waals surface area contributed by atoms with Gasteiger partial charge < -0.3 is 25.2 Å². The minimum absolute atomic E-state index is 0.444. The molecule has 4 N–H and O–H groups in total. The number of carboxylic acids is 1. The molecule has 1 aromatic carbocycles. The Bertz CT molecular complexity index is 744. The van der Waals surface area contributed by atoms with Crippen molar-refractivity contribution in [2.24, 2.45) is 11.8 Å². The summed E-state index contributed by atoms with van der Waals surface area (Å²) in [5.74, 6) is -3.42. The van der Waals surface area contributed by atoms with Gasteiger partial charge in [-0.05, 0) is 68.7 Å². The van der Waals surface area contributed by atoms with E-state index in [4.69, 9.17) is 9.84 Å². The highest BCUT2D eigenvalue weighted by molar-refractivity contribution is 5.77. The molecule has 0 bridgehead atoms. The van der Waals surface area contributed by atoms with Crippen LogP contribution in [0.4, 0.5) is 0 Å². The van der Waals surface area contributed by atoms with Crippen molar-refractivity contribution in [3.05, 3.63) is 60.4 Å². The zero-order chi connectivity index (χ0) is 21.3. The van der Waals surface area contributed by atoms with Crippen LogP contribution in [0, 0.1) is 11.8 Å². The molecule has 1 saturated carbocycles. The number of carboxylic acid groups (broad SMARTS) is 1. The van der Waals surface area contributed by atoms with Crippen LogP contribution < -0.4 is 4.74 Å². The Morgan fingerprint density at radius 2 is 1.97 bits per heavy atom. The number of aliphatic hydroxyl groups is 3. The highest BCUT2D eigenvalue weighted by Gasteiger charge is 2.50. The largest absolute Gasteiger partial charge is 0.493 e. The Kier molecular flexibility index (Phi) is 8.23. The summed E-state index contributed by atoms with van der Waals surface area (Å²) < 4.78 is 5.68. The van der Waals surface area contributed by atoms with Gasteiger partial charge in [-0.3, -0.25) is 0 Å². The minimum atomic E-state index is -3.27. The van der Waals surface area contributed by atoms with Crippen LogP contribution in [-0.2, 0) is 4.79 Å². The molecule has 0 aromatic heterocycles. The second kappa shape index (κ2) is 10.4. The second-order valence-corrected chi connectivity index (χ2v) is 7.61. The molecule has 0 heterocycles. The Morgan fingerprint density at radius 3 is 2.66 bits per heavy atom. The lowest BCUT2D eigenvalue weighted by atomic mass is 9.92. The van der Waals surface area contributed by atoms with Gasteiger partial charge in [-0.2, -0.15) is 0 Å². The lowest BCUT2D eigenvalue weighted by Gasteiger charge is -2.29. The second-order valence-electron chi connectivity index (χ2n) is 7.61. The van der Waals surface area contributed by atoms with Crippen molar-refractivity contribution >= 4 is 5.97 Å². The average Bonchev–Trinajstić information content (AvgIpc) is 3.13. The molecule has 1 unspecified atom stereocenters. The molecule has 0 amide bonds. The first-order valence-electron chi connectivity index (χ1n) is 9.91. The van der Waals surface area contributed by atoms with Gasteiger partial charge in [0.1, 0.15) is 5.75 Å². The van der Waals surface area contributed by atoms with Crippen molar-refractivity contribution in [3.8, 4) is 5.75 Å². The van der Waals surface area contributed by atoms with Crippen molar-refractivity contribution in [3.63, 3.8) is 0 Å². The SMILES string of the molecule is CC(O)(C=C=CC[C@H]1CCC[C@@H]1C=CCCOc1ccccc1)C(O)(O)C(=O)O. The molecule has 2 rings (SSSR count). The molecule has 29 heavy (non-hydrogen) atoms. The molecule has 0 spiro atoms. The normalized spacial score (nSPS) is 21.4. The maximum Gasteiger partial charge on any atom is 0.367 e. The predicted octanol–water partition coefficient (Wildman–Crippen LogP) is 3.05. The predicted molar refractivity (Wildman–Crippen MR) is 109 cm³/mol. The average molecular weight is 402 g/mol. The van der Waals surface area contributed by atoms with E-state index in [1.807, 2.05) is 30.3 Å². The summed E-state index contributed by atoms with van der Waals surface area (Å²) in [6, 6.07) is 9.70. The summed E-state index contributed by atoms with van der Waals surface area (Å²) in [5, 5.41) is 37.7. The first-order chi connectivity index (χ1) is 13.7. The number of hydrogen-bond donors (Lipinski definition) is 4. The number of para-hydroxylation sites is 1. The van der Waals surface area contributed by atoms with Crippen molar-refractivity contribution < 1.29 is 30.0 Å². The van der Waals surface area contributed by atoms with Crippen LogP contribution in [0.25, 0.3) is 0 Å². The van der Waals surface area contributed by atoms with Gasteiger partial charge in [-0.15, -0.1) is 5.73 Å². The number of hydrogen-bond acceptors (Lipinski definition) is 5. The highest BCUT2D eigenvalue weighted by atomic mass is 16.6. The molecule has 3 atom stereocenters. The van der Waals surface area contributed by atoms with Gasteiger partial charge in [0.2, 0.25) is 0 Å². The third-order valence-corrected chi connectivity index (χ3v) is 5.30. The number of carbonyl (C=O) groups is 1. The van der Waals surface area contributed by atoms with E-state index >= 15 is 0 Å². The molecular formula is C23H30O6. The van der Waals surface area contributed by atoms with Crippen molar-refractivity contribution in [2.45, 2.75) is 50.4 Å². The van der Waals surface area contributed by atoms with Gasteiger partial charge in [-0.25, -0.2) is 4.79 Å². The van der Waals surface area contributed by atoms with E-state index in [2.05, 4.69) is 17.9 Å². The highest BCUT2D eigenvalue weighted by Crippen LogP contribution is 2.35. The van der Waals surface area contributed by atoms with Crippen LogP contribution in [0.2, 0.25) is 0 Å². The molecule has 1 fully saturated rings.